The standard InChI is InChI=1S/C17H22N6O3/c1-11-4-6-12(7-5-11)9-20-17-21-15(18)14(23(24)25)16(22-17)19-10-13-3-2-8-26-13/h4-7,13H,2-3,8-10H2,1H3,(H4,18,19,20,21,22)/t13-/m1/s1. The van der Waals surface area contributed by atoms with Gasteiger partial charge < -0.3 is 21.1 Å². The molecule has 0 spiro atoms. The summed E-state index contributed by atoms with van der Waals surface area (Å²) in [5, 5.41) is 17.4. The van der Waals surface area contributed by atoms with Crippen LogP contribution >= 0.6 is 0 Å². The highest BCUT2D eigenvalue weighted by atomic mass is 16.6. The molecule has 1 aromatic carbocycles. The van der Waals surface area contributed by atoms with Crippen LogP contribution in [-0.4, -0.2) is 34.1 Å². The van der Waals surface area contributed by atoms with Crippen molar-refractivity contribution in [2.45, 2.75) is 32.4 Å². The van der Waals surface area contributed by atoms with Crippen LogP contribution < -0.4 is 16.4 Å². The first-order chi connectivity index (χ1) is 12.5. The molecule has 9 nitrogen and oxygen atoms in total. The van der Waals surface area contributed by atoms with Crippen molar-refractivity contribution in [1.82, 2.24) is 9.97 Å². The predicted octanol–water partition coefficient (Wildman–Crippen LogP) is 2.48. The van der Waals surface area contributed by atoms with E-state index < -0.39 is 4.92 Å². The highest BCUT2D eigenvalue weighted by Crippen LogP contribution is 2.29. The Morgan fingerprint density at radius 2 is 2.08 bits per heavy atom. The second-order valence-corrected chi connectivity index (χ2v) is 6.24. The number of nitrogen functional groups attached to an aromatic ring is 1. The molecule has 138 valence electrons. The van der Waals surface area contributed by atoms with Crippen LogP contribution in [0, 0.1) is 17.0 Å². The van der Waals surface area contributed by atoms with E-state index in [1.54, 1.807) is 0 Å². The number of nitrogens with one attached hydrogen (secondary N) is 2. The molecule has 26 heavy (non-hydrogen) atoms. The third-order valence-corrected chi connectivity index (χ3v) is 4.19. The van der Waals surface area contributed by atoms with Crippen LogP contribution in [0.15, 0.2) is 24.3 Å². The van der Waals surface area contributed by atoms with E-state index in [4.69, 9.17) is 10.5 Å². The summed E-state index contributed by atoms with van der Waals surface area (Å²) >= 11 is 0. The van der Waals surface area contributed by atoms with Gasteiger partial charge in [0.15, 0.2) is 0 Å². The normalized spacial score (nSPS) is 16.4. The second kappa shape index (κ2) is 7.96. The fourth-order valence-electron chi connectivity index (χ4n) is 2.76. The van der Waals surface area contributed by atoms with E-state index >= 15 is 0 Å². The minimum atomic E-state index is -0.572. The highest BCUT2D eigenvalue weighted by Gasteiger charge is 2.24. The monoisotopic (exact) mass is 358 g/mol. The Morgan fingerprint density at radius 1 is 1.31 bits per heavy atom. The van der Waals surface area contributed by atoms with Crippen molar-refractivity contribution >= 4 is 23.3 Å². The average molecular weight is 358 g/mol. The van der Waals surface area contributed by atoms with E-state index in [1.807, 2.05) is 31.2 Å². The maximum absolute atomic E-state index is 11.3. The van der Waals surface area contributed by atoms with Crippen LogP contribution in [0.1, 0.15) is 24.0 Å². The number of nitrogens with zero attached hydrogens (tertiary/aromatic N) is 3. The number of anilines is 3. The van der Waals surface area contributed by atoms with Gasteiger partial charge in [-0.1, -0.05) is 29.8 Å². The Bertz CT molecular complexity index is 775. The summed E-state index contributed by atoms with van der Waals surface area (Å²) in [6, 6.07) is 8.01. The quantitative estimate of drug-likeness (QED) is 0.508. The fraction of sp³-hybridized carbons (Fsp3) is 0.412. The van der Waals surface area contributed by atoms with E-state index in [9.17, 15) is 10.1 Å². The van der Waals surface area contributed by atoms with Crippen molar-refractivity contribution in [2.24, 2.45) is 0 Å². The van der Waals surface area contributed by atoms with Crippen LogP contribution in [0.3, 0.4) is 0 Å². The summed E-state index contributed by atoms with van der Waals surface area (Å²) in [6.07, 6.45) is 1.93. The Kier molecular flexibility index (Phi) is 5.47. The minimum Gasteiger partial charge on any atom is -0.378 e. The lowest BCUT2D eigenvalue weighted by Crippen LogP contribution is -2.20. The van der Waals surface area contributed by atoms with E-state index in [-0.39, 0.29) is 29.4 Å². The van der Waals surface area contributed by atoms with Gasteiger partial charge >= 0.3 is 5.69 Å². The highest BCUT2D eigenvalue weighted by molar-refractivity contribution is 5.69. The molecule has 9 heteroatoms. The summed E-state index contributed by atoms with van der Waals surface area (Å²) in [5.41, 5.74) is 7.69. The van der Waals surface area contributed by atoms with Crippen LogP contribution in [0.4, 0.5) is 23.3 Å². The molecule has 0 amide bonds. The lowest BCUT2D eigenvalue weighted by Gasteiger charge is -2.13. The summed E-state index contributed by atoms with van der Waals surface area (Å²) in [6.45, 7) is 3.66. The van der Waals surface area contributed by atoms with E-state index in [0.29, 0.717) is 19.7 Å². The van der Waals surface area contributed by atoms with Gasteiger partial charge in [-0.2, -0.15) is 9.97 Å². The smallest absolute Gasteiger partial charge is 0.353 e. The van der Waals surface area contributed by atoms with Gasteiger partial charge in [-0.25, -0.2) is 0 Å². The molecule has 0 radical (unpaired) electrons. The molecule has 2 aromatic rings. The number of nitrogens with two attached hydrogens (primary N) is 1. The van der Waals surface area contributed by atoms with Gasteiger partial charge in [0, 0.05) is 19.7 Å². The molecule has 0 aliphatic carbocycles. The number of rotatable bonds is 7. The van der Waals surface area contributed by atoms with Crippen molar-refractivity contribution in [1.29, 1.82) is 0 Å². The zero-order chi connectivity index (χ0) is 18.5. The molecule has 0 saturated carbocycles. The third-order valence-electron chi connectivity index (χ3n) is 4.19. The Morgan fingerprint density at radius 3 is 2.73 bits per heavy atom. The predicted molar refractivity (Wildman–Crippen MR) is 99.1 cm³/mol. The van der Waals surface area contributed by atoms with Crippen LogP contribution in [-0.2, 0) is 11.3 Å². The van der Waals surface area contributed by atoms with Crippen LogP contribution in [0.2, 0.25) is 0 Å². The van der Waals surface area contributed by atoms with Gasteiger partial charge in [-0.3, -0.25) is 10.1 Å². The molecule has 1 saturated heterocycles. The minimum absolute atomic E-state index is 0.0229. The van der Waals surface area contributed by atoms with E-state index in [0.717, 1.165) is 18.4 Å². The molecule has 1 aromatic heterocycles. The number of benzene rings is 1. The number of nitro groups is 1. The Balaban J connectivity index is 1.74. The first kappa shape index (κ1) is 17.9. The third kappa shape index (κ3) is 4.37. The summed E-state index contributed by atoms with van der Waals surface area (Å²) in [5.74, 6) is 0.166. The fourth-order valence-corrected chi connectivity index (χ4v) is 2.76. The summed E-state index contributed by atoms with van der Waals surface area (Å²) in [7, 11) is 0. The molecule has 1 fully saturated rings. The van der Waals surface area contributed by atoms with Crippen molar-refractivity contribution < 1.29 is 9.66 Å². The molecular weight excluding hydrogens is 336 g/mol. The number of aromatic nitrogens is 2. The van der Waals surface area contributed by atoms with Crippen molar-refractivity contribution in [3.05, 3.63) is 45.5 Å². The number of hydrogen-bond donors (Lipinski definition) is 3. The topological polar surface area (TPSA) is 128 Å². The number of hydrogen-bond acceptors (Lipinski definition) is 8. The largest absolute Gasteiger partial charge is 0.378 e. The molecule has 0 unspecified atom stereocenters. The summed E-state index contributed by atoms with van der Waals surface area (Å²) in [4.78, 5) is 19.0. The SMILES string of the molecule is Cc1ccc(CNc2nc(N)c([N+](=O)[O-])c(NC[C@H]3CCCO3)n2)cc1. The second-order valence-electron chi connectivity index (χ2n) is 6.24. The molecule has 3 rings (SSSR count). The zero-order valence-electron chi connectivity index (χ0n) is 14.6. The lowest BCUT2D eigenvalue weighted by molar-refractivity contribution is -0.383. The molecule has 2 heterocycles. The Labute approximate surface area is 151 Å². The maximum atomic E-state index is 11.3. The van der Waals surface area contributed by atoms with Gasteiger partial charge in [0.2, 0.25) is 17.6 Å². The van der Waals surface area contributed by atoms with Crippen LogP contribution in [0.25, 0.3) is 0 Å². The number of aryl methyl sites for hydroxylation is 1. The molecule has 0 bridgehead atoms. The van der Waals surface area contributed by atoms with Gasteiger partial charge in [0.05, 0.1) is 11.0 Å². The Hall–Kier alpha value is -2.94. The first-order valence-electron chi connectivity index (χ1n) is 8.49. The molecular formula is C17H22N6O3. The lowest BCUT2D eigenvalue weighted by atomic mass is 10.1. The average Bonchev–Trinajstić information content (AvgIpc) is 3.12. The van der Waals surface area contributed by atoms with Crippen molar-refractivity contribution in [3.8, 4) is 0 Å². The molecule has 4 N–H and O–H groups in total. The maximum Gasteiger partial charge on any atom is 0.353 e. The van der Waals surface area contributed by atoms with Gasteiger partial charge in [-0.05, 0) is 25.3 Å². The van der Waals surface area contributed by atoms with Gasteiger partial charge in [0.1, 0.15) is 0 Å². The van der Waals surface area contributed by atoms with Crippen molar-refractivity contribution in [3.63, 3.8) is 0 Å². The van der Waals surface area contributed by atoms with E-state index in [2.05, 4.69) is 20.6 Å². The van der Waals surface area contributed by atoms with E-state index in [1.165, 1.54) is 5.56 Å². The van der Waals surface area contributed by atoms with Gasteiger partial charge in [0.25, 0.3) is 0 Å². The molecule has 1 aliphatic rings. The molecule has 1 atom stereocenters. The summed E-state index contributed by atoms with van der Waals surface area (Å²) < 4.78 is 5.53. The van der Waals surface area contributed by atoms with Gasteiger partial charge in [-0.15, -0.1) is 0 Å². The van der Waals surface area contributed by atoms with Crippen LogP contribution in [0.5, 0.6) is 0 Å². The van der Waals surface area contributed by atoms with Crippen molar-refractivity contribution in [2.75, 3.05) is 29.5 Å². The zero-order valence-corrected chi connectivity index (χ0v) is 14.6. The first-order valence-corrected chi connectivity index (χ1v) is 8.49. The molecule has 1 aliphatic heterocycles. The number of ether oxygens (including phenoxy) is 1.